The number of nitrogens with one attached hydrogen (secondary N) is 2. The summed E-state index contributed by atoms with van der Waals surface area (Å²) in [4.78, 5) is 0.626. The first-order valence-electron chi connectivity index (χ1n) is 6.45. The van der Waals surface area contributed by atoms with E-state index in [0.717, 1.165) is 24.0 Å². The molecular formula is C14H21F3N2S. The molecule has 0 aliphatic rings. The number of hydrogen-bond donors (Lipinski definition) is 2. The molecule has 2 nitrogen and oxygen atoms in total. The van der Waals surface area contributed by atoms with Gasteiger partial charge in [0, 0.05) is 29.2 Å². The fraction of sp³-hybridized carbons (Fsp3) is 0.571. The minimum Gasteiger partial charge on any atom is -0.383 e. The van der Waals surface area contributed by atoms with Crippen LogP contribution in [0.3, 0.4) is 0 Å². The molecule has 0 amide bonds. The second-order valence-corrected chi connectivity index (χ2v) is 6.52. The van der Waals surface area contributed by atoms with Crippen molar-refractivity contribution >= 4 is 17.4 Å². The average Bonchev–Trinajstić information content (AvgIpc) is 2.31. The molecule has 114 valence electrons. The highest BCUT2D eigenvalue weighted by Gasteiger charge is 2.27. The molecule has 0 saturated heterocycles. The predicted octanol–water partition coefficient (Wildman–Crippen LogP) is 4.14. The Labute approximate surface area is 122 Å². The maximum absolute atomic E-state index is 12.3. The van der Waals surface area contributed by atoms with Crippen LogP contribution in [0.25, 0.3) is 0 Å². The second kappa shape index (κ2) is 7.22. The van der Waals surface area contributed by atoms with Crippen LogP contribution in [0.2, 0.25) is 0 Å². The van der Waals surface area contributed by atoms with E-state index in [9.17, 15) is 13.2 Å². The Bertz CT molecular complexity index is 414. The minimum atomic E-state index is -4.15. The van der Waals surface area contributed by atoms with Gasteiger partial charge in [-0.25, -0.2) is 0 Å². The Balaban J connectivity index is 2.49. The van der Waals surface area contributed by atoms with Crippen molar-refractivity contribution in [2.75, 3.05) is 24.2 Å². The zero-order chi connectivity index (χ0) is 15.2. The van der Waals surface area contributed by atoms with Crippen LogP contribution in [0.5, 0.6) is 0 Å². The summed E-state index contributed by atoms with van der Waals surface area (Å²) in [5.41, 5.74) is 0.782. The molecule has 20 heavy (non-hydrogen) atoms. The van der Waals surface area contributed by atoms with Gasteiger partial charge < -0.3 is 10.6 Å². The van der Waals surface area contributed by atoms with Crippen molar-refractivity contribution in [3.05, 3.63) is 24.3 Å². The van der Waals surface area contributed by atoms with E-state index < -0.39 is 11.9 Å². The van der Waals surface area contributed by atoms with Crippen molar-refractivity contribution in [2.45, 2.75) is 37.4 Å². The lowest BCUT2D eigenvalue weighted by atomic mass is 10.1. The van der Waals surface area contributed by atoms with Gasteiger partial charge in [-0.2, -0.15) is 13.2 Å². The zero-order valence-corrected chi connectivity index (χ0v) is 12.8. The van der Waals surface area contributed by atoms with Gasteiger partial charge in [0.15, 0.2) is 0 Å². The maximum Gasteiger partial charge on any atom is 0.398 e. The largest absolute Gasteiger partial charge is 0.398 e. The molecule has 1 rings (SSSR count). The van der Waals surface area contributed by atoms with Crippen molar-refractivity contribution in [1.82, 2.24) is 5.32 Å². The van der Waals surface area contributed by atoms with E-state index in [4.69, 9.17) is 0 Å². The van der Waals surface area contributed by atoms with Crippen LogP contribution in [-0.2, 0) is 0 Å². The molecule has 0 aliphatic heterocycles. The summed E-state index contributed by atoms with van der Waals surface area (Å²) in [5, 5.41) is 6.49. The molecule has 0 bridgehead atoms. The third-order valence-corrected chi connectivity index (χ3v) is 3.51. The van der Waals surface area contributed by atoms with E-state index in [0.29, 0.717) is 11.4 Å². The average molecular weight is 306 g/mol. The molecule has 1 aromatic carbocycles. The van der Waals surface area contributed by atoms with E-state index in [1.807, 2.05) is 6.07 Å². The summed E-state index contributed by atoms with van der Waals surface area (Å²) in [6, 6.07) is 7.07. The fourth-order valence-electron chi connectivity index (χ4n) is 1.53. The maximum atomic E-state index is 12.3. The van der Waals surface area contributed by atoms with Crippen LogP contribution >= 0.6 is 11.8 Å². The number of rotatable bonds is 6. The number of alkyl halides is 3. The molecule has 0 unspecified atom stereocenters. The van der Waals surface area contributed by atoms with Crippen LogP contribution < -0.4 is 10.6 Å². The third-order valence-electron chi connectivity index (χ3n) is 2.37. The first-order chi connectivity index (χ1) is 9.17. The van der Waals surface area contributed by atoms with E-state index in [2.05, 4.69) is 31.4 Å². The number of benzene rings is 1. The first-order valence-corrected chi connectivity index (χ1v) is 7.43. The summed E-state index contributed by atoms with van der Waals surface area (Å²) in [7, 11) is 0. The Kier molecular flexibility index (Phi) is 6.20. The molecule has 2 N–H and O–H groups in total. The van der Waals surface area contributed by atoms with Crippen molar-refractivity contribution in [2.24, 2.45) is 0 Å². The van der Waals surface area contributed by atoms with Crippen LogP contribution in [0, 0.1) is 0 Å². The normalized spacial score (nSPS) is 12.5. The molecule has 0 spiro atoms. The summed E-state index contributed by atoms with van der Waals surface area (Å²) in [6.07, 6.45) is -4.15. The monoisotopic (exact) mass is 306 g/mol. The topological polar surface area (TPSA) is 24.1 Å². The minimum absolute atomic E-state index is 0.0340. The van der Waals surface area contributed by atoms with E-state index >= 15 is 0 Å². The predicted molar refractivity (Wildman–Crippen MR) is 79.5 cm³/mol. The van der Waals surface area contributed by atoms with E-state index in [-0.39, 0.29) is 5.54 Å². The van der Waals surface area contributed by atoms with Gasteiger partial charge in [0.2, 0.25) is 0 Å². The van der Waals surface area contributed by atoms with Gasteiger partial charge >= 0.3 is 6.18 Å². The Morgan fingerprint density at radius 2 is 1.70 bits per heavy atom. The van der Waals surface area contributed by atoms with Crippen molar-refractivity contribution in [3.8, 4) is 0 Å². The Morgan fingerprint density at radius 3 is 2.30 bits per heavy atom. The molecule has 0 fully saturated rings. The third kappa shape index (κ3) is 7.65. The van der Waals surface area contributed by atoms with E-state index in [1.165, 1.54) is 0 Å². The van der Waals surface area contributed by atoms with Crippen LogP contribution in [-0.4, -0.2) is 30.6 Å². The first kappa shape index (κ1) is 17.2. The van der Waals surface area contributed by atoms with Crippen molar-refractivity contribution in [1.29, 1.82) is 0 Å². The lowest BCUT2D eigenvalue weighted by Gasteiger charge is -2.21. The summed E-state index contributed by atoms with van der Waals surface area (Å²) in [5.74, 6) is -0.869. The van der Waals surface area contributed by atoms with Gasteiger partial charge in [-0.1, -0.05) is 12.1 Å². The highest BCUT2D eigenvalue weighted by molar-refractivity contribution is 7.99. The SMILES string of the molecule is CC(C)(C)NCCNc1ccccc1SCC(F)(F)F. The summed E-state index contributed by atoms with van der Waals surface area (Å²) < 4.78 is 36.8. The quantitative estimate of drug-likeness (QED) is 0.610. The molecule has 0 radical (unpaired) electrons. The van der Waals surface area contributed by atoms with Crippen molar-refractivity contribution in [3.63, 3.8) is 0 Å². The second-order valence-electron chi connectivity index (χ2n) is 5.50. The van der Waals surface area contributed by atoms with Crippen LogP contribution in [0.15, 0.2) is 29.2 Å². The standard InChI is InChI=1S/C14H21F3N2S/c1-13(2,3)19-9-8-18-11-6-4-5-7-12(11)20-10-14(15,16)17/h4-7,18-19H,8-10H2,1-3H3. The molecule has 0 aliphatic carbocycles. The Hall–Kier alpha value is -0.880. The summed E-state index contributed by atoms with van der Waals surface area (Å²) >= 11 is 0.810. The van der Waals surface area contributed by atoms with Gasteiger partial charge in [0.1, 0.15) is 0 Å². The lowest BCUT2D eigenvalue weighted by molar-refractivity contribution is -0.105. The number of thioether (sulfide) groups is 1. The number of hydrogen-bond acceptors (Lipinski definition) is 3. The molecule has 0 saturated carbocycles. The van der Waals surface area contributed by atoms with Gasteiger partial charge in [-0.3, -0.25) is 0 Å². The molecule has 0 heterocycles. The molecule has 0 atom stereocenters. The fourth-order valence-corrected chi connectivity index (χ4v) is 2.32. The highest BCUT2D eigenvalue weighted by atomic mass is 32.2. The number of para-hydroxylation sites is 1. The highest BCUT2D eigenvalue weighted by Crippen LogP contribution is 2.31. The number of halogens is 3. The molecule has 0 aromatic heterocycles. The zero-order valence-electron chi connectivity index (χ0n) is 12.0. The molecule has 6 heteroatoms. The van der Waals surface area contributed by atoms with Gasteiger partial charge in [0.05, 0.1) is 5.75 Å². The van der Waals surface area contributed by atoms with Gasteiger partial charge in [0.25, 0.3) is 0 Å². The van der Waals surface area contributed by atoms with Gasteiger partial charge in [-0.15, -0.1) is 11.8 Å². The van der Waals surface area contributed by atoms with Crippen LogP contribution in [0.4, 0.5) is 18.9 Å². The smallest absolute Gasteiger partial charge is 0.383 e. The molecular weight excluding hydrogens is 285 g/mol. The van der Waals surface area contributed by atoms with Gasteiger partial charge in [-0.05, 0) is 32.9 Å². The Morgan fingerprint density at radius 1 is 1.05 bits per heavy atom. The van der Waals surface area contributed by atoms with Crippen LogP contribution in [0.1, 0.15) is 20.8 Å². The van der Waals surface area contributed by atoms with Crippen molar-refractivity contribution < 1.29 is 13.2 Å². The van der Waals surface area contributed by atoms with E-state index in [1.54, 1.807) is 18.2 Å². The summed E-state index contributed by atoms with van der Waals surface area (Å²) in [6.45, 7) is 7.63. The molecule has 1 aromatic rings. The lowest BCUT2D eigenvalue weighted by Crippen LogP contribution is -2.38. The number of anilines is 1.